The Kier molecular flexibility index (Phi) is 17.1. The number of hydrazone groups is 1. The van der Waals surface area contributed by atoms with Gasteiger partial charge in [-0.15, -0.1) is 0 Å². The minimum atomic E-state index is -0.883. The molecular formula is C44H37N3O16S. The van der Waals surface area contributed by atoms with E-state index in [9.17, 15) is 28.8 Å². The van der Waals surface area contributed by atoms with Gasteiger partial charge in [-0.3, -0.25) is 10.2 Å². The van der Waals surface area contributed by atoms with Gasteiger partial charge in [0.25, 0.3) is 0 Å². The zero-order chi connectivity index (χ0) is 45.8. The topological polar surface area (TPSA) is 232 Å². The Bertz CT molecular complexity index is 2550. The number of hydrogen-bond acceptors (Lipinski definition) is 20. The predicted molar refractivity (Wildman–Crippen MR) is 227 cm³/mol. The summed E-state index contributed by atoms with van der Waals surface area (Å²) in [6, 6.07) is 19.4. The molecule has 0 saturated carbocycles. The fourth-order valence-corrected chi connectivity index (χ4v) is 5.63. The zero-order valence-electron chi connectivity index (χ0n) is 33.8. The lowest BCUT2D eigenvalue weighted by Crippen LogP contribution is -2.14. The van der Waals surface area contributed by atoms with Crippen LogP contribution in [0.4, 0.5) is 5.13 Å². The highest BCUT2D eigenvalue weighted by Crippen LogP contribution is 2.32. The van der Waals surface area contributed by atoms with E-state index in [1.807, 2.05) is 24.3 Å². The van der Waals surface area contributed by atoms with Crippen LogP contribution in [-0.2, 0) is 38.1 Å². The van der Waals surface area contributed by atoms with Crippen molar-refractivity contribution in [2.24, 2.45) is 5.10 Å². The number of ether oxygens (including phenoxy) is 10. The van der Waals surface area contributed by atoms with E-state index < -0.39 is 63.0 Å². The van der Waals surface area contributed by atoms with Gasteiger partial charge in [-0.05, 0) is 66.7 Å². The van der Waals surface area contributed by atoms with Crippen LogP contribution in [0.1, 0.15) is 39.6 Å². The molecule has 1 N–H and O–H groups in total. The molecule has 20 heteroatoms. The molecule has 1 heterocycles. The van der Waals surface area contributed by atoms with Crippen LogP contribution in [0.3, 0.4) is 0 Å². The summed E-state index contributed by atoms with van der Waals surface area (Å²) in [6.45, 7) is 9.36. The summed E-state index contributed by atoms with van der Waals surface area (Å²) in [5.74, 6) is -4.71. The monoisotopic (exact) mass is 895 g/mol. The third-order valence-electron chi connectivity index (χ3n) is 7.88. The molecule has 0 amide bonds. The van der Waals surface area contributed by atoms with E-state index in [1.54, 1.807) is 6.92 Å². The molecule has 64 heavy (non-hydrogen) atoms. The molecule has 19 nitrogen and oxygen atoms in total. The van der Waals surface area contributed by atoms with E-state index in [0.717, 1.165) is 28.4 Å². The van der Waals surface area contributed by atoms with Gasteiger partial charge in [-0.1, -0.05) is 50.1 Å². The Labute approximate surface area is 368 Å². The van der Waals surface area contributed by atoms with E-state index in [4.69, 9.17) is 47.4 Å². The molecule has 0 radical (unpaired) electrons. The summed E-state index contributed by atoms with van der Waals surface area (Å²) in [7, 11) is 0. The Balaban J connectivity index is 1.40. The minimum Gasteiger partial charge on any atom is -0.453 e. The smallest absolute Gasteiger partial charge is 0.343 e. The van der Waals surface area contributed by atoms with E-state index >= 15 is 0 Å². The number of nitrogens with zero attached hydrogens (tertiary/aromatic N) is 2. The second-order valence-corrected chi connectivity index (χ2v) is 13.1. The van der Waals surface area contributed by atoms with Crippen molar-refractivity contribution in [2.45, 2.75) is 13.3 Å². The summed E-state index contributed by atoms with van der Waals surface area (Å²) >= 11 is 1.34. The lowest BCUT2D eigenvalue weighted by Gasteiger charge is -2.15. The SMILES string of the molecule is C=CC(=O)OCOc1ccc(C(=O)Oc2ccc(OC(=O)c3ccc(OCOC(=O)C=C)c(OCOC(=O)CC)c3)c(/C=N/Nc3nc4ccccc4s3)c2)cc1OCOC(=O)C=C. The number of fused-ring (bicyclic) bond motifs is 1. The zero-order valence-corrected chi connectivity index (χ0v) is 34.6. The van der Waals surface area contributed by atoms with Crippen LogP contribution in [0.2, 0.25) is 0 Å². The Morgan fingerprint density at radius 2 is 1.14 bits per heavy atom. The fourth-order valence-electron chi connectivity index (χ4n) is 4.81. The number of para-hydroxylation sites is 1. The van der Waals surface area contributed by atoms with Crippen LogP contribution in [-0.4, -0.2) is 74.2 Å². The molecule has 0 aliphatic carbocycles. The van der Waals surface area contributed by atoms with Crippen molar-refractivity contribution in [1.29, 1.82) is 0 Å². The van der Waals surface area contributed by atoms with E-state index in [2.05, 4.69) is 35.2 Å². The summed E-state index contributed by atoms with van der Waals surface area (Å²) in [6.07, 6.45) is 4.21. The maximum absolute atomic E-state index is 13.6. The standard InChI is InChI=1S/C44H37N3O16S/c1-5-38(48)58-23-54-33-16-13-27(20-35(33)56-25-60-40(50)7-3)42(52)62-30-15-18-32(29(19-30)22-45-47-44-46-31-11-9-10-12-37(31)64-44)63-43(53)28-14-17-34(55-24-59-39(49)6-2)36(21-28)57-26-61-41(51)8-4/h5-7,9-22H,1-3,8,23-26H2,4H3,(H,46,47)/b45-22+. The van der Waals surface area contributed by atoms with E-state index in [1.165, 1.54) is 72.1 Å². The van der Waals surface area contributed by atoms with Crippen LogP contribution in [0.25, 0.3) is 10.2 Å². The third-order valence-corrected chi connectivity index (χ3v) is 8.82. The average Bonchev–Trinajstić information content (AvgIpc) is 3.73. The second kappa shape index (κ2) is 23.5. The lowest BCUT2D eigenvalue weighted by atomic mass is 10.1. The highest BCUT2D eigenvalue weighted by molar-refractivity contribution is 7.22. The summed E-state index contributed by atoms with van der Waals surface area (Å²) in [5.41, 5.74) is 3.67. The Hall–Kier alpha value is -8.52. The van der Waals surface area contributed by atoms with Gasteiger partial charge >= 0.3 is 35.8 Å². The number of esters is 6. The van der Waals surface area contributed by atoms with E-state index in [0.29, 0.717) is 5.13 Å². The maximum atomic E-state index is 13.6. The molecule has 0 aliphatic heterocycles. The second-order valence-electron chi connectivity index (χ2n) is 12.1. The molecule has 0 atom stereocenters. The lowest BCUT2D eigenvalue weighted by molar-refractivity contribution is -0.150. The van der Waals surface area contributed by atoms with Crippen LogP contribution in [0.5, 0.6) is 34.5 Å². The molecule has 0 fully saturated rings. The van der Waals surface area contributed by atoms with Gasteiger partial charge in [0.15, 0.2) is 23.0 Å². The van der Waals surface area contributed by atoms with Crippen molar-refractivity contribution in [2.75, 3.05) is 32.6 Å². The first-order valence-corrected chi connectivity index (χ1v) is 19.4. The average molecular weight is 896 g/mol. The molecule has 0 bridgehead atoms. The molecule has 0 saturated heterocycles. The highest BCUT2D eigenvalue weighted by Gasteiger charge is 2.19. The van der Waals surface area contributed by atoms with Gasteiger partial charge in [0.1, 0.15) is 11.5 Å². The largest absolute Gasteiger partial charge is 0.453 e. The van der Waals surface area contributed by atoms with E-state index in [-0.39, 0.29) is 57.6 Å². The first-order valence-electron chi connectivity index (χ1n) is 18.6. The first-order chi connectivity index (χ1) is 31.0. The Morgan fingerprint density at radius 3 is 1.69 bits per heavy atom. The normalized spacial score (nSPS) is 10.5. The number of nitrogens with one attached hydrogen (secondary N) is 1. The quantitative estimate of drug-likeness (QED) is 0.0137. The number of hydrogen-bond donors (Lipinski definition) is 1. The number of anilines is 1. The van der Waals surface area contributed by atoms with Crippen LogP contribution >= 0.6 is 11.3 Å². The number of aromatic nitrogens is 1. The van der Waals surface area contributed by atoms with Crippen molar-refractivity contribution < 1.29 is 76.1 Å². The number of benzene rings is 4. The van der Waals surface area contributed by atoms with Gasteiger partial charge in [0.05, 0.1) is 27.6 Å². The van der Waals surface area contributed by atoms with Crippen molar-refractivity contribution in [3.63, 3.8) is 0 Å². The first kappa shape index (κ1) is 46.5. The fraction of sp³-hybridized carbons (Fsp3) is 0.136. The maximum Gasteiger partial charge on any atom is 0.343 e. The van der Waals surface area contributed by atoms with Crippen LogP contribution in [0, 0.1) is 0 Å². The van der Waals surface area contributed by atoms with Gasteiger partial charge in [0.2, 0.25) is 32.3 Å². The van der Waals surface area contributed by atoms with Crippen molar-refractivity contribution >= 4 is 68.7 Å². The molecule has 0 unspecified atom stereocenters. The van der Waals surface area contributed by atoms with Crippen molar-refractivity contribution in [3.8, 4) is 34.5 Å². The molecule has 1 aromatic heterocycles. The minimum absolute atomic E-state index is 0.0127. The number of carbonyl (C=O) groups is 6. The van der Waals surface area contributed by atoms with Gasteiger partial charge in [-0.25, -0.2) is 29.0 Å². The molecule has 0 aliphatic rings. The van der Waals surface area contributed by atoms with Gasteiger partial charge < -0.3 is 47.4 Å². The molecular weight excluding hydrogens is 859 g/mol. The van der Waals surface area contributed by atoms with Crippen molar-refractivity contribution in [3.05, 3.63) is 134 Å². The number of rotatable bonds is 23. The molecule has 0 spiro atoms. The summed E-state index contributed by atoms with van der Waals surface area (Å²) in [5, 5.41) is 4.73. The Morgan fingerprint density at radius 1 is 0.625 bits per heavy atom. The predicted octanol–water partition coefficient (Wildman–Crippen LogP) is 6.67. The summed E-state index contributed by atoms with van der Waals surface area (Å²) < 4.78 is 53.9. The van der Waals surface area contributed by atoms with Crippen LogP contribution < -0.4 is 33.8 Å². The van der Waals surface area contributed by atoms with Crippen LogP contribution in [0.15, 0.2) is 122 Å². The molecule has 5 aromatic rings. The third kappa shape index (κ3) is 13.8. The molecule has 5 rings (SSSR count). The van der Waals surface area contributed by atoms with Gasteiger partial charge in [-0.2, -0.15) is 5.10 Å². The van der Waals surface area contributed by atoms with Gasteiger partial charge in [0, 0.05) is 30.2 Å². The molecule has 330 valence electrons. The van der Waals surface area contributed by atoms with Crippen molar-refractivity contribution in [1.82, 2.24) is 4.98 Å². The molecule has 4 aromatic carbocycles. The summed E-state index contributed by atoms with van der Waals surface area (Å²) in [4.78, 5) is 77.9. The number of carbonyl (C=O) groups excluding carboxylic acids is 6. The number of thiazole rings is 1. The highest BCUT2D eigenvalue weighted by atomic mass is 32.1.